The van der Waals surface area contributed by atoms with Crippen molar-refractivity contribution in [2.45, 2.75) is 0 Å². The third-order valence-corrected chi connectivity index (χ3v) is 1.08. The topological polar surface area (TPSA) is 64.9 Å². The van der Waals surface area contributed by atoms with Crippen molar-refractivity contribution in [1.82, 2.24) is 4.98 Å². The maximum Gasteiger partial charge on any atom is 0.0645 e. The summed E-state index contributed by atoms with van der Waals surface area (Å²) >= 11 is 0. The molecule has 3 nitrogen and oxygen atoms in total. The first-order chi connectivity index (χ1) is 4.83. The number of pyridine rings is 1. The van der Waals surface area contributed by atoms with Gasteiger partial charge in [-0.1, -0.05) is 0 Å². The van der Waals surface area contributed by atoms with Crippen LogP contribution in [-0.4, -0.2) is 4.98 Å². The van der Waals surface area contributed by atoms with Gasteiger partial charge >= 0.3 is 0 Å². The highest BCUT2D eigenvalue weighted by atomic mass is 14.7. The SMILES string of the molecule is NC=Cc1ccc(N)cn1. The molecule has 0 spiro atoms. The van der Waals surface area contributed by atoms with Crippen LogP contribution in [0.2, 0.25) is 0 Å². The Morgan fingerprint density at radius 3 is 2.70 bits per heavy atom. The van der Waals surface area contributed by atoms with Crippen LogP contribution in [0.15, 0.2) is 24.5 Å². The van der Waals surface area contributed by atoms with Crippen LogP contribution in [0.3, 0.4) is 0 Å². The number of anilines is 1. The molecule has 1 aromatic rings. The fraction of sp³-hybridized carbons (Fsp3) is 0. The zero-order valence-corrected chi connectivity index (χ0v) is 5.49. The highest BCUT2D eigenvalue weighted by Gasteiger charge is 1.85. The van der Waals surface area contributed by atoms with Gasteiger partial charge in [-0.25, -0.2) is 0 Å². The van der Waals surface area contributed by atoms with Gasteiger partial charge in [0.1, 0.15) is 0 Å². The zero-order valence-electron chi connectivity index (χ0n) is 5.49. The lowest BCUT2D eigenvalue weighted by Crippen LogP contribution is -1.87. The van der Waals surface area contributed by atoms with Crippen LogP contribution in [0.4, 0.5) is 5.69 Å². The molecule has 0 fully saturated rings. The molecule has 0 unspecified atom stereocenters. The number of hydrogen-bond donors (Lipinski definition) is 2. The lowest BCUT2D eigenvalue weighted by atomic mass is 10.3. The van der Waals surface area contributed by atoms with Crippen LogP contribution in [0.5, 0.6) is 0 Å². The summed E-state index contributed by atoms with van der Waals surface area (Å²) in [5.41, 5.74) is 12.0. The van der Waals surface area contributed by atoms with Gasteiger partial charge in [0.25, 0.3) is 0 Å². The first kappa shape index (κ1) is 6.61. The number of rotatable bonds is 1. The Bertz CT molecular complexity index is 225. The third kappa shape index (κ3) is 1.48. The van der Waals surface area contributed by atoms with E-state index >= 15 is 0 Å². The molecule has 0 atom stereocenters. The molecule has 1 aromatic heterocycles. The minimum Gasteiger partial charge on any atom is -0.405 e. The average Bonchev–Trinajstić information content (AvgIpc) is 1.95. The zero-order chi connectivity index (χ0) is 7.40. The van der Waals surface area contributed by atoms with E-state index in [0.717, 1.165) is 5.69 Å². The standard InChI is InChI=1S/C7H9N3/c8-4-3-7-2-1-6(9)5-10-7/h1-5H,8-9H2. The predicted molar refractivity (Wildman–Crippen MR) is 41.9 cm³/mol. The van der Waals surface area contributed by atoms with Crippen molar-refractivity contribution >= 4 is 11.8 Å². The minimum absolute atomic E-state index is 0.661. The van der Waals surface area contributed by atoms with E-state index in [2.05, 4.69) is 4.98 Å². The van der Waals surface area contributed by atoms with Gasteiger partial charge in [0.15, 0.2) is 0 Å². The second-order valence-corrected chi connectivity index (χ2v) is 1.88. The van der Waals surface area contributed by atoms with Gasteiger partial charge in [0, 0.05) is 0 Å². The summed E-state index contributed by atoms with van der Waals surface area (Å²) in [5, 5.41) is 0. The van der Waals surface area contributed by atoms with Crippen LogP contribution < -0.4 is 11.5 Å². The van der Waals surface area contributed by atoms with E-state index in [-0.39, 0.29) is 0 Å². The van der Waals surface area contributed by atoms with Gasteiger partial charge in [-0.15, -0.1) is 0 Å². The van der Waals surface area contributed by atoms with Crippen molar-refractivity contribution in [3.05, 3.63) is 30.2 Å². The first-order valence-electron chi connectivity index (χ1n) is 2.93. The first-order valence-corrected chi connectivity index (χ1v) is 2.93. The third-order valence-electron chi connectivity index (χ3n) is 1.08. The van der Waals surface area contributed by atoms with Crippen molar-refractivity contribution in [2.75, 3.05) is 5.73 Å². The van der Waals surface area contributed by atoms with Crippen LogP contribution in [0, 0.1) is 0 Å². The summed E-state index contributed by atoms with van der Waals surface area (Å²) in [4.78, 5) is 3.98. The number of nitrogens with two attached hydrogens (primary N) is 2. The van der Waals surface area contributed by atoms with Gasteiger partial charge in [-0.3, -0.25) is 4.98 Å². The molecule has 0 radical (unpaired) electrons. The molecule has 0 saturated heterocycles. The van der Waals surface area contributed by atoms with E-state index in [1.807, 2.05) is 0 Å². The molecule has 0 aliphatic rings. The van der Waals surface area contributed by atoms with E-state index in [1.54, 1.807) is 24.4 Å². The molecular formula is C7H9N3. The molecular weight excluding hydrogens is 126 g/mol. The van der Waals surface area contributed by atoms with E-state index in [9.17, 15) is 0 Å². The van der Waals surface area contributed by atoms with Gasteiger partial charge in [-0.05, 0) is 24.4 Å². The van der Waals surface area contributed by atoms with Gasteiger partial charge < -0.3 is 11.5 Å². The Balaban J connectivity index is 2.89. The molecule has 0 bridgehead atoms. The summed E-state index contributed by atoms with van der Waals surface area (Å²) < 4.78 is 0. The molecule has 0 saturated carbocycles. The molecule has 0 aliphatic heterocycles. The maximum absolute atomic E-state index is 5.40. The van der Waals surface area contributed by atoms with Crippen LogP contribution in [0.25, 0.3) is 6.08 Å². The molecule has 1 heterocycles. The predicted octanol–water partition coefficient (Wildman–Crippen LogP) is 0.593. The summed E-state index contributed by atoms with van der Waals surface area (Å²) in [6, 6.07) is 3.58. The highest BCUT2D eigenvalue weighted by Crippen LogP contribution is 2.01. The molecule has 3 heteroatoms. The fourth-order valence-electron chi connectivity index (χ4n) is 0.614. The summed E-state index contributed by atoms with van der Waals surface area (Å²) in [6.45, 7) is 0. The number of nitrogens with zero attached hydrogens (tertiary/aromatic N) is 1. The Morgan fingerprint density at radius 1 is 1.40 bits per heavy atom. The van der Waals surface area contributed by atoms with Gasteiger partial charge in [0.2, 0.25) is 0 Å². The Hall–Kier alpha value is -1.51. The second kappa shape index (κ2) is 2.87. The number of nitrogen functional groups attached to an aromatic ring is 1. The summed E-state index contributed by atoms with van der Waals surface area (Å²) in [7, 11) is 0. The van der Waals surface area contributed by atoms with Crippen molar-refractivity contribution in [1.29, 1.82) is 0 Å². The molecule has 4 N–H and O–H groups in total. The molecule has 52 valence electrons. The molecule has 1 rings (SSSR count). The summed E-state index contributed by atoms with van der Waals surface area (Å²) in [5.74, 6) is 0. The maximum atomic E-state index is 5.40. The van der Waals surface area contributed by atoms with Crippen LogP contribution >= 0.6 is 0 Å². The molecule has 0 aliphatic carbocycles. The van der Waals surface area contributed by atoms with Crippen LogP contribution in [0.1, 0.15) is 5.69 Å². The van der Waals surface area contributed by atoms with Crippen molar-refractivity contribution in [3.8, 4) is 0 Å². The quantitative estimate of drug-likeness (QED) is 0.592. The summed E-state index contributed by atoms with van der Waals surface area (Å²) in [6.07, 6.45) is 4.74. The van der Waals surface area contributed by atoms with Gasteiger partial charge in [0.05, 0.1) is 17.6 Å². The van der Waals surface area contributed by atoms with Crippen molar-refractivity contribution in [3.63, 3.8) is 0 Å². The van der Waals surface area contributed by atoms with E-state index in [0.29, 0.717) is 5.69 Å². The van der Waals surface area contributed by atoms with E-state index in [4.69, 9.17) is 11.5 Å². The number of aromatic nitrogens is 1. The molecule has 0 amide bonds. The lowest BCUT2D eigenvalue weighted by Gasteiger charge is -1.91. The molecule has 10 heavy (non-hydrogen) atoms. The normalized spacial score (nSPS) is 10.4. The Morgan fingerprint density at radius 2 is 2.20 bits per heavy atom. The monoisotopic (exact) mass is 135 g/mol. The van der Waals surface area contributed by atoms with Crippen LogP contribution in [-0.2, 0) is 0 Å². The van der Waals surface area contributed by atoms with E-state index < -0.39 is 0 Å². The minimum atomic E-state index is 0.661. The van der Waals surface area contributed by atoms with E-state index in [1.165, 1.54) is 6.20 Å². The number of hydrogen-bond acceptors (Lipinski definition) is 3. The second-order valence-electron chi connectivity index (χ2n) is 1.88. The molecule has 0 aromatic carbocycles. The largest absolute Gasteiger partial charge is 0.405 e. The lowest BCUT2D eigenvalue weighted by molar-refractivity contribution is 1.30. The smallest absolute Gasteiger partial charge is 0.0645 e. The van der Waals surface area contributed by atoms with Gasteiger partial charge in [-0.2, -0.15) is 0 Å². The Kier molecular flexibility index (Phi) is 1.89. The average molecular weight is 135 g/mol. The van der Waals surface area contributed by atoms with Crippen molar-refractivity contribution < 1.29 is 0 Å². The highest BCUT2D eigenvalue weighted by molar-refractivity contribution is 5.47. The Labute approximate surface area is 59.4 Å². The van der Waals surface area contributed by atoms with Crippen molar-refractivity contribution in [2.24, 2.45) is 5.73 Å². The fourth-order valence-corrected chi connectivity index (χ4v) is 0.614.